The topological polar surface area (TPSA) is 49.8 Å². The molecule has 0 bridgehead atoms. The third kappa shape index (κ3) is 4.94. The van der Waals surface area contributed by atoms with Crippen molar-refractivity contribution in [3.8, 4) is 0 Å². The van der Waals surface area contributed by atoms with E-state index in [1.807, 2.05) is 18.7 Å². The molecule has 1 rings (SSSR count). The van der Waals surface area contributed by atoms with E-state index in [1.54, 1.807) is 0 Å². The summed E-state index contributed by atoms with van der Waals surface area (Å²) >= 11 is 0. The van der Waals surface area contributed by atoms with Gasteiger partial charge in [0.25, 0.3) is 0 Å². The van der Waals surface area contributed by atoms with Gasteiger partial charge in [0.1, 0.15) is 0 Å². The number of hydrogen-bond acceptors (Lipinski definition) is 3. The zero-order valence-electron chi connectivity index (χ0n) is 11.9. The van der Waals surface area contributed by atoms with Crippen molar-refractivity contribution in [2.24, 2.45) is 0 Å². The molecule has 1 N–H and O–H groups in total. The molecule has 1 saturated heterocycles. The fourth-order valence-electron chi connectivity index (χ4n) is 2.33. The molecule has 4 nitrogen and oxygen atoms in total. The van der Waals surface area contributed by atoms with Crippen molar-refractivity contribution < 1.29 is 14.6 Å². The molecule has 2 atom stereocenters. The summed E-state index contributed by atoms with van der Waals surface area (Å²) in [7, 11) is 0. The van der Waals surface area contributed by atoms with E-state index < -0.39 is 0 Å². The number of carbonyl (C=O) groups excluding carboxylic acids is 1. The predicted molar refractivity (Wildman–Crippen MR) is 71.4 cm³/mol. The first-order chi connectivity index (χ1) is 8.54. The number of likely N-dealkylation sites (tertiary alicyclic amines) is 1. The van der Waals surface area contributed by atoms with Gasteiger partial charge in [-0.2, -0.15) is 0 Å². The van der Waals surface area contributed by atoms with Crippen molar-refractivity contribution in [1.82, 2.24) is 4.90 Å². The van der Waals surface area contributed by atoms with E-state index in [-0.39, 0.29) is 24.2 Å². The molecule has 0 spiro atoms. The molecular weight excluding hydrogens is 230 g/mol. The van der Waals surface area contributed by atoms with Crippen LogP contribution in [0.4, 0.5) is 0 Å². The minimum Gasteiger partial charge on any atom is -0.391 e. The average Bonchev–Trinajstić information content (AvgIpc) is 2.68. The van der Waals surface area contributed by atoms with Crippen LogP contribution >= 0.6 is 0 Å². The van der Waals surface area contributed by atoms with Crippen molar-refractivity contribution >= 4 is 5.91 Å². The first kappa shape index (κ1) is 15.4. The molecule has 0 aliphatic carbocycles. The van der Waals surface area contributed by atoms with Crippen LogP contribution in [0.5, 0.6) is 0 Å². The van der Waals surface area contributed by atoms with Gasteiger partial charge < -0.3 is 14.7 Å². The highest BCUT2D eigenvalue weighted by atomic mass is 16.5. The van der Waals surface area contributed by atoms with Gasteiger partial charge in [0.05, 0.1) is 24.9 Å². The van der Waals surface area contributed by atoms with Crippen molar-refractivity contribution in [3.63, 3.8) is 0 Å². The summed E-state index contributed by atoms with van der Waals surface area (Å²) in [5.74, 6) is 0.164. The minimum absolute atomic E-state index is 0.0523. The van der Waals surface area contributed by atoms with Crippen LogP contribution in [0, 0.1) is 0 Å². The number of β-amino-alcohol motifs (C(OH)–C–C–N with tert-alkyl or cyclic N) is 1. The van der Waals surface area contributed by atoms with Crippen molar-refractivity contribution in [2.45, 2.75) is 71.1 Å². The number of unbranched alkanes of at least 4 members (excludes halogenated alkanes) is 2. The van der Waals surface area contributed by atoms with Gasteiger partial charge in [-0.3, -0.25) is 4.79 Å². The number of rotatable bonds is 7. The Balaban J connectivity index is 2.42. The molecule has 0 aromatic rings. The number of ether oxygens (including phenoxy) is 1. The summed E-state index contributed by atoms with van der Waals surface area (Å²) in [6.45, 7) is 7.10. The second-order valence-electron chi connectivity index (χ2n) is 5.43. The second kappa shape index (κ2) is 7.74. The van der Waals surface area contributed by atoms with Gasteiger partial charge >= 0.3 is 0 Å². The second-order valence-corrected chi connectivity index (χ2v) is 5.43. The Morgan fingerprint density at radius 2 is 2.17 bits per heavy atom. The largest absolute Gasteiger partial charge is 0.391 e. The summed E-state index contributed by atoms with van der Waals surface area (Å²) in [6, 6.07) is 0.0523. The van der Waals surface area contributed by atoms with Gasteiger partial charge in [0, 0.05) is 13.0 Å². The zero-order chi connectivity index (χ0) is 13.5. The molecule has 4 heteroatoms. The fourth-order valence-corrected chi connectivity index (χ4v) is 2.33. The Labute approximate surface area is 110 Å². The maximum absolute atomic E-state index is 12.1. The van der Waals surface area contributed by atoms with Gasteiger partial charge in [0.15, 0.2) is 0 Å². The predicted octanol–water partition coefficient (Wildman–Crippen LogP) is 1.95. The number of aliphatic hydroxyl groups is 1. The van der Waals surface area contributed by atoms with E-state index in [1.165, 1.54) is 0 Å². The Morgan fingerprint density at radius 1 is 1.44 bits per heavy atom. The minimum atomic E-state index is -0.388. The number of hydrogen-bond donors (Lipinski definition) is 1. The Bertz CT molecular complexity index is 255. The molecule has 18 heavy (non-hydrogen) atoms. The lowest BCUT2D eigenvalue weighted by molar-refractivity contribution is -0.133. The van der Waals surface area contributed by atoms with Crippen LogP contribution < -0.4 is 0 Å². The highest BCUT2D eigenvalue weighted by Gasteiger charge is 2.33. The first-order valence-corrected chi connectivity index (χ1v) is 7.13. The number of amides is 1. The van der Waals surface area contributed by atoms with Gasteiger partial charge in [-0.1, -0.05) is 19.8 Å². The lowest BCUT2D eigenvalue weighted by Crippen LogP contribution is -2.39. The van der Waals surface area contributed by atoms with Crippen LogP contribution in [0.3, 0.4) is 0 Å². The van der Waals surface area contributed by atoms with Gasteiger partial charge in [-0.05, 0) is 26.7 Å². The van der Waals surface area contributed by atoms with Gasteiger partial charge in [0.2, 0.25) is 5.91 Å². The Morgan fingerprint density at radius 3 is 2.78 bits per heavy atom. The maximum Gasteiger partial charge on any atom is 0.222 e. The number of carbonyl (C=O) groups is 1. The summed E-state index contributed by atoms with van der Waals surface area (Å²) in [5, 5.41) is 9.71. The van der Waals surface area contributed by atoms with Crippen LogP contribution in [0.1, 0.15) is 52.9 Å². The lowest BCUT2D eigenvalue weighted by atomic mass is 10.1. The standard InChI is InChI=1S/C14H27NO3/c1-4-5-6-7-14(17)15-9-13(16)8-12(15)10-18-11(2)3/h11-13,16H,4-10H2,1-3H3/t12-,13+/m0/s1. The van der Waals surface area contributed by atoms with E-state index in [4.69, 9.17) is 4.74 Å². The molecular formula is C14H27NO3. The molecule has 0 saturated carbocycles. The highest BCUT2D eigenvalue weighted by molar-refractivity contribution is 5.76. The zero-order valence-corrected chi connectivity index (χ0v) is 11.9. The lowest BCUT2D eigenvalue weighted by Gasteiger charge is -2.25. The SMILES string of the molecule is CCCCCC(=O)N1C[C@H](O)C[C@H]1COC(C)C. The molecule has 1 heterocycles. The van der Waals surface area contributed by atoms with Crippen molar-refractivity contribution in [3.05, 3.63) is 0 Å². The summed E-state index contributed by atoms with van der Waals surface area (Å²) in [5.41, 5.74) is 0. The van der Waals surface area contributed by atoms with E-state index in [9.17, 15) is 9.90 Å². The van der Waals surface area contributed by atoms with Gasteiger partial charge in [-0.25, -0.2) is 0 Å². The molecule has 106 valence electrons. The number of nitrogens with zero attached hydrogens (tertiary/aromatic N) is 1. The highest BCUT2D eigenvalue weighted by Crippen LogP contribution is 2.20. The Hall–Kier alpha value is -0.610. The molecule has 1 aliphatic heterocycles. The van der Waals surface area contributed by atoms with E-state index in [0.29, 0.717) is 26.0 Å². The first-order valence-electron chi connectivity index (χ1n) is 7.13. The fraction of sp³-hybridized carbons (Fsp3) is 0.929. The average molecular weight is 257 g/mol. The Kier molecular flexibility index (Phi) is 6.65. The van der Waals surface area contributed by atoms with Gasteiger partial charge in [-0.15, -0.1) is 0 Å². The van der Waals surface area contributed by atoms with Crippen LogP contribution in [0.25, 0.3) is 0 Å². The van der Waals surface area contributed by atoms with Crippen molar-refractivity contribution in [2.75, 3.05) is 13.2 Å². The van der Waals surface area contributed by atoms with E-state index in [2.05, 4.69) is 6.92 Å². The molecule has 1 amide bonds. The maximum atomic E-state index is 12.1. The van der Waals surface area contributed by atoms with Crippen LogP contribution in [0.15, 0.2) is 0 Å². The monoisotopic (exact) mass is 257 g/mol. The van der Waals surface area contributed by atoms with E-state index >= 15 is 0 Å². The third-order valence-electron chi connectivity index (χ3n) is 3.33. The molecule has 0 radical (unpaired) electrons. The molecule has 1 aliphatic rings. The molecule has 0 aromatic heterocycles. The van der Waals surface area contributed by atoms with Crippen LogP contribution in [0.2, 0.25) is 0 Å². The van der Waals surface area contributed by atoms with Crippen LogP contribution in [-0.2, 0) is 9.53 Å². The smallest absolute Gasteiger partial charge is 0.222 e. The summed E-state index contributed by atoms with van der Waals surface area (Å²) in [6.07, 6.45) is 4.18. The quantitative estimate of drug-likeness (QED) is 0.709. The molecule has 0 aromatic carbocycles. The summed E-state index contributed by atoms with van der Waals surface area (Å²) < 4.78 is 5.58. The summed E-state index contributed by atoms with van der Waals surface area (Å²) in [4.78, 5) is 13.9. The third-order valence-corrected chi connectivity index (χ3v) is 3.33. The normalized spacial score (nSPS) is 23.9. The van der Waals surface area contributed by atoms with Crippen LogP contribution in [-0.4, -0.2) is 47.3 Å². The van der Waals surface area contributed by atoms with E-state index in [0.717, 1.165) is 19.3 Å². The molecule has 1 fully saturated rings. The van der Waals surface area contributed by atoms with Crippen molar-refractivity contribution in [1.29, 1.82) is 0 Å². The molecule has 0 unspecified atom stereocenters. The number of aliphatic hydroxyl groups excluding tert-OH is 1.